The van der Waals surface area contributed by atoms with Gasteiger partial charge in [-0.1, -0.05) is 0 Å². The van der Waals surface area contributed by atoms with E-state index in [2.05, 4.69) is 4.74 Å². The largest absolute Gasteiger partial charge is 0.432 e. The van der Waals surface area contributed by atoms with Gasteiger partial charge in [0.05, 0.1) is 4.90 Å². The van der Waals surface area contributed by atoms with E-state index < -0.39 is 29.3 Å². The predicted molar refractivity (Wildman–Crippen MR) is 42.1 cm³/mol. The maximum absolute atomic E-state index is 12.8. The number of halogens is 3. The molecule has 14 heavy (non-hydrogen) atoms. The molecular weight excluding hydrogens is 221 g/mol. The molecule has 0 aliphatic rings. The van der Waals surface area contributed by atoms with Crippen molar-refractivity contribution >= 4 is 11.1 Å². The summed E-state index contributed by atoms with van der Waals surface area (Å²) in [6.45, 7) is -3.17. The maximum Gasteiger partial charge on any atom is 0.387 e. The molecule has 0 radical (unpaired) electrons. The summed E-state index contributed by atoms with van der Waals surface area (Å²) in [6, 6.07) is 2.53. The Bertz CT molecular complexity index is 356. The first-order valence-corrected chi connectivity index (χ1v) is 4.46. The molecule has 1 rings (SSSR count). The van der Waals surface area contributed by atoms with Gasteiger partial charge in [0.2, 0.25) is 0 Å². The van der Waals surface area contributed by atoms with Crippen molar-refractivity contribution in [1.82, 2.24) is 0 Å². The van der Waals surface area contributed by atoms with Crippen LogP contribution in [0.3, 0.4) is 0 Å². The molecule has 0 aromatic heterocycles. The summed E-state index contributed by atoms with van der Waals surface area (Å²) in [7, 11) is 0. The minimum atomic E-state index is -3.17. The topological polar surface area (TPSA) is 46.5 Å². The van der Waals surface area contributed by atoms with E-state index in [0.29, 0.717) is 0 Å². The SMILES string of the molecule is O=S(O)c1ccc(F)c(OC(F)F)c1. The standard InChI is InChI=1S/C7H5F3O3S/c8-5-2-1-4(14(11)12)3-6(5)13-7(9)10/h1-3,7H,(H,11,12). The fourth-order valence-corrected chi connectivity index (χ4v) is 1.17. The second kappa shape index (κ2) is 4.43. The van der Waals surface area contributed by atoms with Crippen LogP contribution in [0.25, 0.3) is 0 Å². The Morgan fingerprint density at radius 2 is 2.07 bits per heavy atom. The normalized spacial score (nSPS) is 12.9. The molecule has 1 atom stereocenters. The highest BCUT2D eigenvalue weighted by Crippen LogP contribution is 2.22. The molecule has 0 aliphatic carbocycles. The highest BCUT2D eigenvalue weighted by atomic mass is 32.2. The van der Waals surface area contributed by atoms with Crippen molar-refractivity contribution in [3.05, 3.63) is 24.0 Å². The molecule has 3 nitrogen and oxygen atoms in total. The second-order valence-electron chi connectivity index (χ2n) is 2.22. The van der Waals surface area contributed by atoms with Crippen LogP contribution in [0, 0.1) is 5.82 Å². The van der Waals surface area contributed by atoms with Gasteiger partial charge in [0.15, 0.2) is 22.6 Å². The van der Waals surface area contributed by atoms with Crippen molar-refractivity contribution in [3.8, 4) is 5.75 Å². The quantitative estimate of drug-likeness (QED) is 0.802. The van der Waals surface area contributed by atoms with Gasteiger partial charge in [-0.2, -0.15) is 8.78 Å². The molecule has 7 heteroatoms. The van der Waals surface area contributed by atoms with Crippen LogP contribution >= 0.6 is 0 Å². The maximum atomic E-state index is 12.8. The number of ether oxygens (including phenoxy) is 1. The van der Waals surface area contributed by atoms with Gasteiger partial charge in [-0.05, 0) is 12.1 Å². The summed E-state index contributed by atoms with van der Waals surface area (Å²) in [6.07, 6.45) is 0. The fraction of sp³-hybridized carbons (Fsp3) is 0.143. The Balaban J connectivity index is 3.02. The van der Waals surface area contributed by atoms with Crippen molar-refractivity contribution in [1.29, 1.82) is 0 Å². The van der Waals surface area contributed by atoms with Gasteiger partial charge in [-0.3, -0.25) is 0 Å². The molecule has 1 N–H and O–H groups in total. The van der Waals surface area contributed by atoms with E-state index in [0.717, 1.165) is 18.2 Å². The molecule has 0 amide bonds. The minimum absolute atomic E-state index is 0.206. The lowest BCUT2D eigenvalue weighted by Gasteiger charge is -2.05. The molecule has 0 heterocycles. The van der Waals surface area contributed by atoms with E-state index >= 15 is 0 Å². The van der Waals surface area contributed by atoms with Crippen LogP contribution in [0.2, 0.25) is 0 Å². The van der Waals surface area contributed by atoms with E-state index in [9.17, 15) is 17.4 Å². The van der Waals surface area contributed by atoms with Gasteiger partial charge in [0.25, 0.3) is 0 Å². The van der Waals surface area contributed by atoms with Gasteiger partial charge >= 0.3 is 6.61 Å². The first-order chi connectivity index (χ1) is 6.50. The van der Waals surface area contributed by atoms with Crippen LogP contribution < -0.4 is 4.74 Å². The third-order valence-electron chi connectivity index (χ3n) is 1.32. The van der Waals surface area contributed by atoms with Crippen molar-refractivity contribution < 1.29 is 26.7 Å². The van der Waals surface area contributed by atoms with Crippen LogP contribution in [-0.2, 0) is 11.1 Å². The Labute approximate surface area is 79.8 Å². The van der Waals surface area contributed by atoms with Gasteiger partial charge < -0.3 is 9.29 Å². The highest BCUT2D eigenvalue weighted by molar-refractivity contribution is 7.79. The van der Waals surface area contributed by atoms with E-state index in [4.69, 9.17) is 4.55 Å². The lowest BCUT2D eigenvalue weighted by molar-refractivity contribution is -0.0523. The zero-order valence-corrected chi connectivity index (χ0v) is 7.43. The average Bonchev–Trinajstić information content (AvgIpc) is 2.07. The molecule has 1 aromatic rings. The number of hydrogen-bond donors (Lipinski definition) is 1. The highest BCUT2D eigenvalue weighted by Gasteiger charge is 2.12. The molecule has 0 saturated carbocycles. The van der Waals surface area contributed by atoms with E-state index in [1.807, 2.05) is 0 Å². The van der Waals surface area contributed by atoms with Gasteiger partial charge in [-0.15, -0.1) is 0 Å². The third kappa shape index (κ3) is 2.71. The number of benzene rings is 1. The second-order valence-corrected chi connectivity index (χ2v) is 3.19. The zero-order chi connectivity index (χ0) is 10.7. The Kier molecular flexibility index (Phi) is 3.48. The molecule has 0 fully saturated rings. The van der Waals surface area contributed by atoms with Crippen molar-refractivity contribution in [2.45, 2.75) is 11.5 Å². The van der Waals surface area contributed by atoms with Crippen LogP contribution in [0.15, 0.2) is 23.1 Å². The summed E-state index contributed by atoms with van der Waals surface area (Å²) in [5.74, 6) is -1.76. The first kappa shape index (κ1) is 11.0. The van der Waals surface area contributed by atoms with Crippen LogP contribution in [0.5, 0.6) is 5.75 Å². The molecular formula is C7H5F3O3S. The first-order valence-electron chi connectivity index (χ1n) is 3.36. The lowest BCUT2D eigenvalue weighted by atomic mass is 10.3. The zero-order valence-electron chi connectivity index (χ0n) is 6.62. The van der Waals surface area contributed by atoms with Crippen LogP contribution in [-0.4, -0.2) is 15.4 Å². The summed E-state index contributed by atoms with van der Waals surface area (Å²) >= 11 is -2.35. The fourth-order valence-electron chi connectivity index (χ4n) is 0.779. The number of alkyl halides is 2. The summed E-state index contributed by atoms with van der Waals surface area (Å²) in [4.78, 5) is -0.206. The molecule has 78 valence electrons. The van der Waals surface area contributed by atoms with E-state index in [1.165, 1.54) is 0 Å². The third-order valence-corrected chi connectivity index (χ3v) is 1.98. The van der Waals surface area contributed by atoms with Crippen molar-refractivity contribution in [3.63, 3.8) is 0 Å². The van der Waals surface area contributed by atoms with Gasteiger partial charge in [0, 0.05) is 6.07 Å². The minimum Gasteiger partial charge on any atom is -0.432 e. The van der Waals surface area contributed by atoms with E-state index in [1.54, 1.807) is 0 Å². The Morgan fingerprint density at radius 3 is 2.57 bits per heavy atom. The summed E-state index contributed by atoms with van der Waals surface area (Å²) < 4.78 is 59.0. The van der Waals surface area contributed by atoms with Gasteiger partial charge in [0.1, 0.15) is 0 Å². The number of hydrogen-bond acceptors (Lipinski definition) is 2. The van der Waals surface area contributed by atoms with Crippen molar-refractivity contribution in [2.24, 2.45) is 0 Å². The summed E-state index contributed by atoms with van der Waals surface area (Å²) in [5.41, 5.74) is 0. The van der Waals surface area contributed by atoms with E-state index in [-0.39, 0.29) is 4.90 Å². The molecule has 0 spiro atoms. The summed E-state index contributed by atoms with van der Waals surface area (Å²) in [5, 5.41) is 0. The lowest BCUT2D eigenvalue weighted by Crippen LogP contribution is -2.04. The van der Waals surface area contributed by atoms with Crippen molar-refractivity contribution in [2.75, 3.05) is 0 Å². The molecule has 0 aliphatic heterocycles. The monoisotopic (exact) mass is 226 g/mol. The molecule has 1 aromatic carbocycles. The molecule has 0 bridgehead atoms. The smallest absolute Gasteiger partial charge is 0.387 e. The molecule has 1 unspecified atom stereocenters. The van der Waals surface area contributed by atoms with Crippen LogP contribution in [0.4, 0.5) is 13.2 Å². The number of rotatable bonds is 3. The predicted octanol–water partition coefficient (Wildman–Crippen LogP) is 2.01. The van der Waals surface area contributed by atoms with Gasteiger partial charge in [-0.25, -0.2) is 8.60 Å². The molecule has 0 saturated heterocycles. The average molecular weight is 226 g/mol. The Hall–Kier alpha value is -1.08. The van der Waals surface area contributed by atoms with Crippen LogP contribution in [0.1, 0.15) is 0 Å². The Morgan fingerprint density at radius 1 is 1.43 bits per heavy atom.